The molecule has 0 bridgehead atoms. The van der Waals surface area contributed by atoms with Crippen LogP contribution in [0.1, 0.15) is 20.3 Å². The van der Waals surface area contributed by atoms with Crippen LogP contribution in [0.25, 0.3) is 0 Å². The normalized spacial score (nSPS) is 9.79. The molecule has 0 saturated heterocycles. The van der Waals surface area contributed by atoms with Gasteiger partial charge in [0.25, 0.3) is 5.91 Å². The summed E-state index contributed by atoms with van der Waals surface area (Å²) in [4.78, 5) is 34.5. The number of carboxylic acids is 1. The summed E-state index contributed by atoms with van der Waals surface area (Å²) in [5.41, 5.74) is 0. The molecule has 0 fully saturated rings. The molecule has 0 aromatic rings. The zero-order valence-corrected chi connectivity index (χ0v) is 10.9. The highest BCUT2D eigenvalue weighted by atomic mass is 16.5. The average molecular weight is 271 g/mol. The van der Waals surface area contributed by atoms with Crippen LogP contribution in [0.2, 0.25) is 0 Å². The van der Waals surface area contributed by atoms with Crippen LogP contribution < -0.4 is 5.32 Å². The molecule has 0 aromatic carbocycles. The largest absolute Gasteiger partial charge is 0.480 e. The standard InChI is InChI=1S/C11H17N3O5/c1-8(2)14(5-3-4-12)11(18)13-9(15)6-19-7-10(16)17/h8H,3,5-7H2,1-2H3,(H,16,17)(H,13,15,18). The lowest BCUT2D eigenvalue weighted by Gasteiger charge is -2.25. The monoisotopic (exact) mass is 271 g/mol. The Bertz CT molecular complexity index is 375. The van der Waals surface area contributed by atoms with E-state index in [0.29, 0.717) is 0 Å². The summed E-state index contributed by atoms with van der Waals surface area (Å²) in [5, 5.41) is 18.8. The first-order valence-electron chi connectivity index (χ1n) is 5.65. The van der Waals surface area contributed by atoms with Gasteiger partial charge in [-0.25, -0.2) is 9.59 Å². The molecule has 0 aromatic heterocycles. The first-order valence-corrected chi connectivity index (χ1v) is 5.65. The highest BCUT2D eigenvalue weighted by Crippen LogP contribution is 2.00. The van der Waals surface area contributed by atoms with E-state index in [9.17, 15) is 14.4 Å². The number of hydrogen-bond acceptors (Lipinski definition) is 5. The summed E-state index contributed by atoms with van der Waals surface area (Å²) in [6.07, 6.45) is 0.162. The van der Waals surface area contributed by atoms with Crippen molar-refractivity contribution in [1.82, 2.24) is 10.2 Å². The van der Waals surface area contributed by atoms with Crippen LogP contribution in [0.4, 0.5) is 4.79 Å². The number of nitrogens with zero attached hydrogens (tertiary/aromatic N) is 2. The highest BCUT2D eigenvalue weighted by molar-refractivity contribution is 5.95. The summed E-state index contributed by atoms with van der Waals surface area (Å²) in [7, 11) is 0. The third kappa shape index (κ3) is 7.72. The van der Waals surface area contributed by atoms with Gasteiger partial charge in [-0.2, -0.15) is 5.26 Å². The van der Waals surface area contributed by atoms with Crippen molar-refractivity contribution in [3.8, 4) is 6.07 Å². The van der Waals surface area contributed by atoms with Crippen LogP contribution in [0, 0.1) is 11.3 Å². The molecule has 0 heterocycles. The molecular weight excluding hydrogens is 254 g/mol. The Hall–Kier alpha value is -2.14. The van der Waals surface area contributed by atoms with E-state index in [0.717, 1.165) is 0 Å². The SMILES string of the molecule is CC(C)N(CCC#N)C(=O)NC(=O)COCC(=O)O. The van der Waals surface area contributed by atoms with Crippen molar-refractivity contribution < 1.29 is 24.2 Å². The number of imide groups is 1. The summed E-state index contributed by atoms with van der Waals surface area (Å²) < 4.78 is 4.54. The van der Waals surface area contributed by atoms with Crippen molar-refractivity contribution in [2.45, 2.75) is 26.3 Å². The number of urea groups is 1. The van der Waals surface area contributed by atoms with Gasteiger partial charge in [0.05, 0.1) is 12.5 Å². The smallest absolute Gasteiger partial charge is 0.329 e. The summed E-state index contributed by atoms with van der Waals surface area (Å²) in [6, 6.07) is 1.12. The Kier molecular flexibility index (Phi) is 7.88. The van der Waals surface area contributed by atoms with Gasteiger partial charge in [0.1, 0.15) is 13.2 Å². The summed E-state index contributed by atoms with van der Waals surface area (Å²) >= 11 is 0. The van der Waals surface area contributed by atoms with Gasteiger partial charge in [0.2, 0.25) is 0 Å². The number of aliphatic carboxylic acids is 1. The fourth-order valence-corrected chi connectivity index (χ4v) is 1.22. The van der Waals surface area contributed by atoms with E-state index in [1.54, 1.807) is 13.8 Å². The summed E-state index contributed by atoms with van der Waals surface area (Å²) in [6.45, 7) is 2.60. The van der Waals surface area contributed by atoms with Gasteiger partial charge in [-0.3, -0.25) is 10.1 Å². The molecule has 0 unspecified atom stereocenters. The van der Waals surface area contributed by atoms with Crippen molar-refractivity contribution >= 4 is 17.9 Å². The maximum Gasteiger partial charge on any atom is 0.329 e. The van der Waals surface area contributed by atoms with Crippen LogP contribution in [-0.4, -0.2) is 53.7 Å². The number of nitrogens with one attached hydrogen (secondary N) is 1. The fraction of sp³-hybridized carbons (Fsp3) is 0.636. The van der Waals surface area contributed by atoms with E-state index in [-0.39, 0.29) is 19.0 Å². The van der Waals surface area contributed by atoms with E-state index in [1.807, 2.05) is 6.07 Å². The van der Waals surface area contributed by atoms with Crippen LogP contribution in [0.3, 0.4) is 0 Å². The lowest BCUT2D eigenvalue weighted by Crippen LogP contribution is -2.47. The second-order valence-electron chi connectivity index (χ2n) is 3.94. The van der Waals surface area contributed by atoms with Crippen LogP contribution in [0.5, 0.6) is 0 Å². The topological polar surface area (TPSA) is 120 Å². The van der Waals surface area contributed by atoms with Gasteiger partial charge in [-0.1, -0.05) is 0 Å². The molecule has 0 rings (SSSR count). The van der Waals surface area contributed by atoms with Gasteiger partial charge in [-0.15, -0.1) is 0 Å². The molecule has 8 nitrogen and oxygen atoms in total. The van der Waals surface area contributed by atoms with E-state index in [1.165, 1.54) is 4.90 Å². The second-order valence-corrected chi connectivity index (χ2v) is 3.94. The molecule has 0 atom stereocenters. The number of carbonyl (C=O) groups excluding carboxylic acids is 2. The number of rotatable bonds is 7. The Morgan fingerprint density at radius 2 is 2.00 bits per heavy atom. The number of hydrogen-bond donors (Lipinski definition) is 2. The predicted octanol–water partition coefficient (Wildman–Crippen LogP) is -0.0521. The molecule has 0 saturated carbocycles. The maximum absolute atomic E-state index is 11.7. The summed E-state index contributed by atoms with van der Waals surface area (Å²) in [5.74, 6) is -1.93. The van der Waals surface area contributed by atoms with Gasteiger partial charge >= 0.3 is 12.0 Å². The van der Waals surface area contributed by atoms with E-state index < -0.39 is 31.1 Å². The van der Waals surface area contributed by atoms with Gasteiger partial charge in [0.15, 0.2) is 0 Å². The van der Waals surface area contributed by atoms with Crippen LogP contribution >= 0.6 is 0 Å². The number of carbonyl (C=O) groups is 3. The molecule has 2 N–H and O–H groups in total. The number of ether oxygens (including phenoxy) is 1. The molecular formula is C11H17N3O5. The maximum atomic E-state index is 11.7. The van der Waals surface area contributed by atoms with Gasteiger partial charge in [-0.05, 0) is 13.8 Å². The molecule has 0 aliphatic heterocycles. The molecule has 0 aliphatic rings. The van der Waals surface area contributed by atoms with Crippen molar-refractivity contribution in [3.63, 3.8) is 0 Å². The van der Waals surface area contributed by atoms with E-state index >= 15 is 0 Å². The molecule has 0 spiro atoms. The fourth-order valence-electron chi connectivity index (χ4n) is 1.22. The highest BCUT2D eigenvalue weighted by Gasteiger charge is 2.18. The lowest BCUT2D eigenvalue weighted by molar-refractivity contribution is -0.143. The van der Waals surface area contributed by atoms with Crippen LogP contribution in [0.15, 0.2) is 0 Å². The molecule has 0 aliphatic carbocycles. The van der Waals surface area contributed by atoms with Crippen molar-refractivity contribution in [1.29, 1.82) is 5.26 Å². The quantitative estimate of drug-likeness (QED) is 0.669. The Morgan fingerprint density at radius 3 is 2.47 bits per heavy atom. The second kappa shape index (κ2) is 8.88. The Balaban J connectivity index is 4.20. The minimum atomic E-state index is -1.20. The minimum Gasteiger partial charge on any atom is -0.480 e. The minimum absolute atomic E-state index is 0.162. The van der Waals surface area contributed by atoms with Crippen molar-refractivity contribution in [2.24, 2.45) is 0 Å². The predicted molar refractivity (Wildman–Crippen MR) is 64.1 cm³/mol. The molecule has 3 amide bonds. The van der Waals surface area contributed by atoms with Gasteiger partial charge < -0.3 is 14.7 Å². The first kappa shape index (κ1) is 16.9. The zero-order chi connectivity index (χ0) is 14.8. The van der Waals surface area contributed by atoms with Crippen molar-refractivity contribution in [3.05, 3.63) is 0 Å². The zero-order valence-electron chi connectivity index (χ0n) is 10.9. The third-order valence-corrected chi connectivity index (χ3v) is 2.05. The Morgan fingerprint density at radius 1 is 1.37 bits per heavy atom. The van der Waals surface area contributed by atoms with E-state index in [2.05, 4.69) is 10.1 Å². The molecule has 19 heavy (non-hydrogen) atoms. The number of nitriles is 1. The average Bonchev–Trinajstić information content (AvgIpc) is 2.28. The number of amides is 3. The number of carboxylic acid groups (broad SMARTS) is 1. The molecule has 0 radical (unpaired) electrons. The van der Waals surface area contributed by atoms with Crippen LogP contribution in [-0.2, 0) is 14.3 Å². The first-order chi connectivity index (χ1) is 8.88. The third-order valence-electron chi connectivity index (χ3n) is 2.05. The van der Waals surface area contributed by atoms with Crippen molar-refractivity contribution in [2.75, 3.05) is 19.8 Å². The molecule has 106 valence electrons. The van der Waals surface area contributed by atoms with E-state index in [4.69, 9.17) is 10.4 Å². The van der Waals surface area contributed by atoms with Gasteiger partial charge in [0, 0.05) is 12.6 Å². The molecule has 8 heteroatoms. The lowest BCUT2D eigenvalue weighted by atomic mass is 10.3. The Labute approximate surface area is 110 Å².